The zero-order valence-corrected chi connectivity index (χ0v) is 12.1. The van der Waals surface area contributed by atoms with Crippen molar-refractivity contribution in [2.45, 2.75) is 25.0 Å². The Hall–Kier alpha value is -1.66. The lowest BCUT2D eigenvalue weighted by Gasteiger charge is -2.23. The molecule has 0 aromatic heterocycles. The molecule has 1 saturated heterocycles. The molecule has 1 aliphatic rings. The van der Waals surface area contributed by atoms with Gasteiger partial charge >= 0.3 is 5.97 Å². The summed E-state index contributed by atoms with van der Waals surface area (Å²) in [4.78, 5) is 24.8. The molecule has 114 valence electrons. The van der Waals surface area contributed by atoms with E-state index in [-0.39, 0.29) is 29.0 Å². The van der Waals surface area contributed by atoms with E-state index < -0.39 is 17.8 Å². The van der Waals surface area contributed by atoms with Crippen LogP contribution < -0.4 is 0 Å². The number of amides is 1. The van der Waals surface area contributed by atoms with Crippen molar-refractivity contribution in [1.82, 2.24) is 4.90 Å². The van der Waals surface area contributed by atoms with E-state index >= 15 is 0 Å². The van der Waals surface area contributed by atoms with Crippen molar-refractivity contribution in [1.29, 1.82) is 0 Å². The van der Waals surface area contributed by atoms with E-state index in [0.29, 0.717) is 13.0 Å². The lowest BCUT2D eigenvalue weighted by molar-refractivity contribution is -0.137. The van der Waals surface area contributed by atoms with E-state index in [1.54, 1.807) is 0 Å². The van der Waals surface area contributed by atoms with E-state index in [1.165, 1.54) is 24.1 Å². The summed E-state index contributed by atoms with van der Waals surface area (Å²) < 4.78 is 18.4. The van der Waals surface area contributed by atoms with E-state index in [2.05, 4.69) is 0 Å². The van der Waals surface area contributed by atoms with Crippen molar-refractivity contribution in [3.63, 3.8) is 0 Å². The van der Waals surface area contributed by atoms with Gasteiger partial charge < -0.3 is 14.7 Å². The summed E-state index contributed by atoms with van der Waals surface area (Å²) in [5.74, 6) is -1.96. The van der Waals surface area contributed by atoms with Crippen LogP contribution >= 0.6 is 11.6 Å². The van der Waals surface area contributed by atoms with Gasteiger partial charge in [0.25, 0.3) is 5.91 Å². The Kier molecular flexibility index (Phi) is 4.80. The Labute approximate surface area is 126 Å². The summed E-state index contributed by atoms with van der Waals surface area (Å²) in [7, 11) is 1.52. The molecule has 2 atom stereocenters. The second-order valence-electron chi connectivity index (χ2n) is 4.93. The van der Waals surface area contributed by atoms with Gasteiger partial charge in [-0.1, -0.05) is 11.6 Å². The smallest absolute Gasteiger partial charge is 0.305 e. The van der Waals surface area contributed by atoms with Crippen molar-refractivity contribution < 1.29 is 23.8 Å². The van der Waals surface area contributed by atoms with Gasteiger partial charge in [0.05, 0.1) is 17.5 Å². The van der Waals surface area contributed by atoms with Crippen molar-refractivity contribution in [3.8, 4) is 0 Å². The predicted octanol–water partition coefficient (Wildman–Crippen LogP) is 2.18. The summed E-state index contributed by atoms with van der Waals surface area (Å²) in [5, 5.41) is 8.79. The number of nitrogens with zero attached hydrogens (tertiary/aromatic N) is 1. The van der Waals surface area contributed by atoms with Gasteiger partial charge in [0.15, 0.2) is 0 Å². The molecule has 21 heavy (non-hydrogen) atoms. The normalized spacial score (nSPS) is 21.6. The second kappa shape index (κ2) is 6.41. The number of hydrogen-bond acceptors (Lipinski definition) is 3. The summed E-state index contributed by atoms with van der Waals surface area (Å²) in [5.41, 5.74) is 0.230. The molecule has 0 radical (unpaired) electrons. The van der Waals surface area contributed by atoms with Gasteiger partial charge in [0, 0.05) is 25.3 Å². The third kappa shape index (κ3) is 3.51. The molecule has 1 amide bonds. The van der Waals surface area contributed by atoms with Gasteiger partial charge in [-0.25, -0.2) is 4.39 Å². The first-order valence-electron chi connectivity index (χ1n) is 6.43. The first-order chi connectivity index (χ1) is 9.92. The van der Waals surface area contributed by atoms with Crippen LogP contribution in [-0.4, -0.2) is 47.7 Å². The Morgan fingerprint density at radius 2 is 2.24 bits per heavy atom. The molecule has 0 spiro atoms. The Morgan fingerprint density at radius 1 is 1.52 bits per heavy atom. The van der Waals surface area contributed by atoms with Crippen molar-refractivity contribution in [2.75, 3.05) is 13.7 Å². The van der Waals surface area contributed by atoms with Gasteiger partial charge in [-0.05, 0) is 24.6 Å². The number of carboxylic acid groups (broad SMARTS) is 1. The molecule has 2 rings (SSSR count). The SMILES string of the molecule is COC1CC(CC(=O)O)N(C(=O)c2ccc(F)c(Cl)c2)C1. The number of rotatable bonds is 4. The van der Waals surface area contributed by atoms with Crippen LogP contribution in [0.1, 0.15) is 23.2 Å². The van der Waals surface area contributed by atoms with Crippen LogP contribution in [0.15, 0.2) is 18.2 Å². The van der Waals surface area contributed by atoms with Gasteiger partial charge in [0.1, 0.15) is 5.82 Å². The summed E-state index contributed by atoms with van der Waals surface area (Å²) in [6.07, 6.45) is 0.110. The number of hydrogen-bond donors (Lipinski definition) is 1. The minimum Gasteiger partial charge on any atom is -0.481 e. The molecule has 7 heteroatoms. The van der Waals surface area contributed by atoms with E-state index in [9.17, 15) is 14.0 Å². The average molecular weight is 316 g/mol. The summed E-state index contributed by atoms with van der Waals surface area (Å²) >= 11 is 5.68. The lowest BCUT2D eigenvalue weighted by atomic mass is 10.1. The van der Waals surface area contributed by atoms with E-state index in [1.807, 2.05) is 0 Å². The Morgan fingerprint density at radius 3 is 2.81 bits per heavy atom. The minimum absolute atomic E-state index is 0.141. The minimum atomic E-state index is -0.980. The molecule has 1 N–H and O–H groups in total. The maximum Gasteiger partial charge on any atom is 0.305 e. The number of halogens is 2. The van der Waals surface area contributed by atoms with Crippen LogP contribution in [0.4, 0.5) is 4.39 Å². The summed E-state index contributed by atoms with van der Waals surface area (Å²) in [6, 6.07) is 3.26. The summed E-state index contributed by atoms with van der Waals surface area (Å²) in [6.45, 7) is 0.308. The number of benzene rings is 1. The highest BCUT2D eigenvalue weighted by Gasteiger charge is 2.37. The Balaban J connectivity index is 2.22. The maximum absolute atomic E-state index is 13.2. The fourth-order valence-electron chi connectivity index (χ4n) is 2.48. The topological polar surface area (TPSA) is 66.8 Å². The molecule has 1 fully saturated rings. The number of carbonyl (C=O) groups is 2. The molecule has 1 heterocycles. The number of likely N-dealkylation sites (tertiary alicyclic amines) is 1. The number of carboxylic acids is 1. The van der Waals surface area contributed by atoms with Crippen LogP contribution in [0.3, 0.4) is 0 Å². The number of carbonyl (C=O) groups excluding carboxylic acids is 1. The molecule has 1 aliphatic heterocycles. The van der Waals surface area contributed by atoms with Crippen molar-refractivity contribution in [3.05, 3.63) is 34.6 Å². The molecular weight excluding hydrogens is 301 g/mol. The third-order valence-electron chi connectivity index (χ3n) is 3.55. The number of methoxy groups -OCH3 is 1. The first-order valence-corrected chi connectivity index (χ1v) is 6.80. The molecule has 0 saturated carbocycles. The van der Waals surface area contributed by atoms with E-state index in [4.69, 9.17) is 21.4 Å². The van der Waals surface area contributed by atoms with Crippen LogP contribution in [0.2, 0.25) is 5.02 Å². The zero-order chi connectivity index (χ0) is 15.6. The monoisotopic (exact) mass is 315 g/mol. The molecule has 0 aliphatic carbocycles. The largest absolute Gasteiger partial charge is 0.481 e. The molecule has 2 unspecified atom stereocenters. The zero-order valence-electron chi connectivity index (χ0n) is 11.4. The fourth-order valence-corrected chi connectivity index (χ4v) is 2.66. The molecule has 5 nitrogen and oxygen atoms in total. The molecule has 1 aromatic rings. The van der Waals surface area contributed by atoms with Crippen molar-refractivity contribution in [2.24, 2.45) is 0 Å². The van der Waals surface area contributed by atoms with E-state index in [0.717, 1.165) is 6.07 Å². The van der Waals surface area contributed by atoms with Gasteiger partial charge in [-0.2, -0.15) is 0 Å². The van der Waals surface area contributed by atoms with Gasteiger partial charge in [0.2, 0.25) is 0 Å². The van der Waals surface area contributed by atoms with Crippen LogP contribution in [0.5, 0.6) is 0 Å². The van der Waals surface area contributed by atoms with Crippen LogP contribution in [-0.2, 0) is 9.53 Å². The highest BCUT2D eigenvalue weighted by Crippen LogP contribution is 2.26. The number of aliphatic carboxylic acids is 1. The van der Waals surface area contributed by atoms with Gasteiger partial charge in [-0.3, -0.25) is 9.59 Å². The maximum atomic E-state index is 13.2. The average Bonchev–Trinajstić information content (AvgIpc) is 2.83. The second-order valence-corrected chi connectivity index (χ2v) is 5.34. The molecule has 0 bridgehead atoms. The third-order valence-corrected chi connectivity index (χ3v) is 3.84. The Bertz CT molecular complexity index is 566. The number of ether oxygens (including phenoxy) is 1. The van der Waals surface area contributed by atoms with Crippen molar-refractivity contribution >= 4 is 23.5 Å². The predicted molar refractivity (Wildman–Crippen MR) is 73.9 cm³/mol. The molecular formula is C14H15ClFNO4. The highest BCUT2D eigenvalue weighted by molar-refractivity contribution is 6.31. The molecule has 1 aromatic carbocycles. The first kappa shape index (κ1) is 15.7. The standard InChI is InChI=1S/C14H15ClFNO4/c1-21-10-5-9(6-13(18)19)17(7-10)14(20)8-2-3-12(16)11(15)4-8/h2-4,9-10H,5-7H2,1H3,(H,18,19). The highest BCUT2D eigenvalue weighted by atomic mass is 35.5. The van der Waals surface area contributed by atoms with Gasteiger partial charge in [-0.15, -0.1) is 0 Å². The fraction of sp³-hybridized carbons (Fsp3) is 0.429. The van der Waals surface area contributed by atoms with Crippen LogP contribution in [0.25, 0.3) is 0 Å². The van der Waals surface area contributed by atoms with Crippen LogP contribution in [0, 0.1) is 5.82 Å². The quantitative estimate of drug-likeness (QED) is 0.925. The lowest BCUT2D eigenvalue weighted by Crippen LogP contribution is -2.37.